The molecule has 18 heavy (non-hydrogen) atoms. The van der Waals surface area contributed by atoms with Crippen molar-refractivity contribution in [2.24, 2.45) is 0 Å². The number of ether oxygens (including phenoxy) is 1. The van der Waals surface area contributed by atoms with Gasteiger partial charge in [-0.25, -0.2) is 0 Å². The molecule has 0 unspecified atom stereocenters. The smallest absolute Gasteiger partial charge is 0.344 e. The van der Waals surface area contributed by atoms with Gasteiger partial charge in [0.1, 0.15) is 0 Å². The minimum Gasteiger partial charge on any atom is -0.469 e. The molecule has 0 bridgehead atoms. The van der Waals surface area contributed by atoms with Crippen LogP contribution in [0.1, 0.15) is 12.0 Å². The molecule has 94 valence electrons. The summed E-state index contributed by atoms with van der Waals surface area (Å²) in [5.74, 6) is -0.772. The van der Waals surface area contributed by atoms with Gasteiger partial charge in [-0.3, -0.25) is 9.59 Å². The SMILES string of the molecule is COC(=O)CCc1ccc(NC(=O)C=[N+]=[N-])cc1. The number of rotatable bonds is 5. The van der Waals surface area contributed by atoms with E-state index >= 15 is 0 Å². The lowest BCUT2D eigenvalue weighted by molar-refractivity contribution is -0.140. The maximum absolute atomic E-state index is 11.1. The Morgan fingerprint density at radius 1 is 1.39 bits per heavy atom. The summed E-state index contributed by atoms with van der Waals surface area (Å²) in [4.78, 5) is 24.6. The van der Waals surface area contributed by atoms with E-state index in [-0.39, 0.29) is 5.97 Å². The molecule has 0 aliphatic carbocycles. The molecule has 6 nitrogen and oxygen atoms in total. The van der Waals surface area contributed by atoms with Crippen LogP contribution >= 0.6 is 0 Å². The van der Waals surface area contributed by atoms with Crippen molar-refractivity contribution in [2.45, 2.75) is 12.8 Å². The van der Waals surface area contributed by atoms with Gasteiger partial charge < -0.3 is 15.6 Å². The van der Waals surface area contributed by atoms with Crippen LogP contribution in [0.15, 0.2) is 24.3 Å². The monoisotopic (exact) mass is 247 g/mol. The molecule has 1 aromatic carbocycles. The Morgan fingerprint density at radius 3 is 2.61 bits per heavy atom. The van der Waals surface area contributed by atoms with Crippen LogP contribution in [-0.2, 0) is 20.7 Å². The number of amides is 1. The number of nitrogens with one attached hydrogen (secondary N) is 1. The van der Waals surface area contributed by atoms with Gasteiger partial charge in [0.05, 0.1) is 7.11 Å². The highest BCUT2D eigenvalue weighted by Gasteiger charge is 2.04. The first kappa shape index (κ1) is 13.6. The first-order valence-electron chi connectivity index (χ1n) is 5.30. The molecule has 0 aromatic heterocycles. The zero-order chi connectivity index (χ0) is 13.4. The van der Waals surface area contributed by atoms with Crippen LogP contribution in [0.25, 0.3) is 5.53 Å². The quantitative estimate of drug-likeness (QED) is 0.364. The highest BCUT2D eigenvalue weighted by Crippen LogP contribution is 2.11. The van der Waals surface area contributed by atoms with Gasteiger partial charge in [0.2, 0.25) is 0 Å². The standard InChI is InChI=1S/C12H13N3O3/c1-18-12(17)7-4-9-2-5-10(6-3-9)15-11(16)8-14-13/h2-3,5-6,8H,4,7H2,1H3,(H,15,16). The summed E-state index contributed by atoms with van der Waals surface area (Å²) in [6.07, 6.45) is 1.67. The van der Waals surface area contributed by atoms with Gasteiger partial charge in [-0.15, -0.1) is 0 Å². The number of esters is 1. The number of aryl methyl sites for hydroxylation is 1. The third kappa shape index (κ3) is 4.59. The molecule has 0 spiro atoms. The number of hydrogen-bond donors (Lipinski definition) is 1. The van der Waals surface area contributed by atoms with E-state index in [1.807, 2.05) is 0 Å². The number of carbonyl (C=O) groups is 2. The number of nitrogens with zero attached hydrogens (tertiary/aromatic N) is 2. The van der Waals surface area contributed by atoms with Crippen LogP contribution in [-0.4, -0.2) is 30.0 Å². The van der Waals surface area contributed by atoms with Crippen molar-refractivity contribution in [3.63, 3.8) is 0 Å². The van der Waals surface area contributed by atoms with Gasteiger partial charge in [-0.1, -0.05) is 12.1 Å². The molecular weight excluding hydrogens is 234 g/mol. The lowest BCUT2D eigenvalue weighted by atomic mass is 10.1. The van der Waals surface area contributed by atoms with Gasteiger partial charge in [0.25, 0.3) is 0 Å². The first-order valence-corrected chi connectivity index (χ1v) is 5.30. The van der Waals surface area contributed by atoms with E-state index in [0.717, 1.165) is 11.8 Å². The maximum atomic E-state index is 11.1. The van der Waals surface area contributed by atoms with Crippen molar-refractivity contribution in [3.05, 3.63) is 35.4 Å². The highest BCUT2D eigenvalue weighted by atomic mass is 16.5. The predicted molar refractivity (Wildman–Crippen MR) is 65.1 cm³/mol. The van der Waals surface area contributed by atoms with Gasteiger partial charge in [0, 0.05) is 12.1 Å². The molecule has 0 atom stereocenters. The fraction of sp³-hybridized carbons (Fsp3) is 0.250. The molecule has 1 aromatic rings. The molecule has 0 saturated heterocycles. The second kappa shape index (κ2) is 6.98. The molecule has 1 amide bonds. The van der Waals surface area contributed by atoms with Gasteiger partial charge in [-0.2, -0.15) is 4.79 Å². The van der Waals surface area contributed by atoms with Crippen molar-refractivity contribution in [2.75, 3.05) is 12.4 Å². The summed E-state index contributed by atoms with van der Waals surface area (Å²) in [5.41, 5.74) is 9.72. The van der Waals surface area contributed by atoms with Gasteiger partial charge >= 0.3 is 18.1 Å². The Morgan fingerprint density at radius 2 is 2.06 bits per heavy atom. The Kier molecular flexibility index (Phi) is 5.28. The molecule has 0 saturated carbocycles. The van der Waals surface area contributed by atoms with Crippen molar-refractivity contribution in [3.8, 4) is 0 Å². The van der Waals surface area contributed by atoms with E-state index in [2.05, 4.69) is 14.8 Å². The van der Waals surface area contributed by atoms with Crippen molar-refractivity contribution >= 4 is 23.8 Å². The van der Waals surface area contributed by atoms with Gasteiger partial charge in [-0.05, 0) is 24.1 Å². The summed E-state index contributed by atoms with van der Waals surface area (Å²) in [6, 6.07) is 7.01. The second-order valence-electron chi connectivity index (χ2n) is 3.51. The fourth-order valence-corrected chi connectivity index (χ4v) is 1.33. The second-order valence-corrected chi connectivity index (χ2v) is 3.51. The number of hydrogen-bond acceptors (Lipinski definition) is 3. The van der Waals surface area contributed by atoms with E-state index in [0.29, 0.717) is 18.5 Å². The minimum atomic E-state index is -0.514. The van der Waals surface area contributed by atoms with Crippen molar-refractivity contribution < 1.29 is 19.1 Å². The summed E-state index contributed by atoms with van der Waals surface area (Å²) in [6.45, 7) is 0. The fourth-order valence-electron chi connectivity index (χ4n) is 1.33. The molecule has 0 aliphatic heterocycles. The molecule has 1 rings (SSSR count). The first-order chi connectivity index (χ1) is 8.65. The van der Waals surface area contributed by atoms with Crippen LogP contribution in [0.4, 0.5) is 5.69 Å². The third-order valence-electron chi connectivity index (χ3n) is 2.24. The summed E-state index contributed by atoms with van der Waals surface area (Å²) < 4.78 is 4.54. The van der Waals surface area contributed by atoms with E-state index in [1.54, 1.807) is 24.3 Å². The molecule has 1 N–H and O–H groups in total. The van der Waals surface area contributed by atoms with Crippen LogP contribution in [0, 0.1) is 0 Å². The van der Waals surface area contributed by atoms with E-state index in [9.17, 15) is 9.59 Å². The highest BCUT2D eigenvalue weighted by molar-refractivity contribution is 6.29. The van der Waals surface area contributed by atoms with Crippen LogP contribution in [0.3, 0.4) is 0 Å². The maximum Gasteiger partial charge on any atom is 0.344 e. The predicted octanol–water partition coefficient (Wildman–Crippen LogP) is 1.03. The van der Waals surface area contributed by atoms with Crippen molar-refractivity contribution in [1.82, 2.24) is 0 Å². The van der Waals surface area contributed by atoms with Crippen LogP contribution in [0.2, 0.25) is 0 Å². The van der Waals surface area contributed by atoms with E-state index < -0.39 is 5.91 Å². The summed E-state index contributed by atoms with van der Waals surface area (Å²) in [7, 11) is 1.35. The molecular formula is C12H13N3O3. The minimum absolute atomic E-state index is 0.258. The van der Waals surface area contributed by atoms with Crippen LogP contribution < -0.4 is 5.32 Å². The summed E-state index contributed by atoms with van der Waals surface area (Å²) in [5, 5.41) is 2.51. The average Bonchev–Trinajstić information content (AvgIpc) is 2.37. The topological polar surface area (TPSA) is 91.8 Å². The molecule has 6 heteroatoms. The lowest BCUT2D eigenvalue weighted by Crippen LogP contribution is -2.12. The normalized spacial score (nSPS) is 9.17. The molecule has 0 fully saturated rings. The largest absolute Gasteiger partial charge is 0.469 e. The third-order valence-corrected chi connectivity index (χ3v) is 2.24. The number of methoxy groups -OCH3 is 1. The number of benzene rings is 1. The summed E-state index contributed by atoms with van der Waals surface area (Å²) >= 11 is 0. The Balaban J connectivity index is 2.54. The molecule has 0 aliphatic rings. The van der Waals surface area contributed by atoms with Crippen molar-refractivity contribution in [1.29, 1.82) is 0 Å². The van der Waals surface area contributed by atoms with Crippen LogP contribution in [0.5, 0.6) is 0 Å². The zero-order valence-electron chi connectivity index (χ0n) is 9.92. The Bertz CT molecular complexity index is 476. The average molecular weight is 247 g/mol. The molecule has 0 radical (unpaired) electrons. The van der Waals surface area contributed by atoms with Gasteiger partial charge in [0.15, 0.2) is 0 Å². The Labute approximate surface area is 104 Å². The number of anilines is 1. The molecule has 0 heterocycles. The lowest BCUT2D eigenvalue weighted by Gasteiger charge is -2.03. The zero-order valence-corrected chi connectivity index (χ0v) is 9.92. The van der Waals surface area contributed by atoms with E-state index in [1.165, 1.54) is 7.11 Å². The number of carbonyl (C=O) groups excluding carboxylic acids is 2. The van der Waals surface area contributed by atoms with E-state index in [4.69, 9.17) is 5.53 Å². The Hall–Kier alpha value is -2.46.